The van der Waals surface area contributed by atoms with Gasteiger partial charge in [-0.25, -0.2) is 0 Å². The number of halogens is 3. The molecule has 1 atom stereocenters. The number of hydrogen-bond acceptors (Lipinski definition) is 4. The van der Waals surface area contributed by atoms with E-state index in [2.05, 4.69) is 16.4 Å². The Kier molecular flexibility index (Phi) is 10.7. The zero-order chi connectivity index (χ0) is 25.9. The average molecular weight is 493 g/mol. The predicted molar refractivity (Wildman–Crippen MR) is 132 cm³/mol. The minimum atomic E-state index is -4.26. The fourth-order valence-electron chi connectivity index (χ4n) is 4.72. The van der Waals surface area contributed by atoms with Gasteiger partial charge in [0.1, 0.15) is 0 Å². The number of alkyl halides is 3. The molecule has 1 aliphatic carbocycles. The number of carbonyl (C=O) groups is 2. The molecule has 6 N–H and O–H groups in total. The van der Waals surface area contributed by atoms with Crippen molar-refractivity contribution >= 4 is 12.3 Å². The first kappa shape index (κ1) is 28.3. The normalized spacial score (nSPS) is 14.2. The Hall–Kier alpha value is -2.91. The van der Waals surface area contributed by atoms with Crippen molar-refractivity contribution in [3.8, 4) is 11.1 Å². The summed E-state index contributed by atoms with van der Waals surface area (Å²) in [5, 5.41) is 5.54. The summed E-state index contributed by atoms with van der Waals surface area (Å²) in [6.07, 6.45) is -0.340. The summed E-state index contributed by atoms with van der Waals surface area (Å²) in [7, 11) is 0. The molecule has 0 aromatic heterocycles. The van der Waals surface area contributed by atoms with Gasteiger partial charge in [-0.05, 0) is 41.5 Å². The van der Waals surface area contributed by atoms with E-state index < -0.39 is 24.2 Å². The Morgan fingerprint density at radius 3 is 2.11 bits per heavy atom. The maximum Gasteiger partial charge on any atom is 0.401 e. The molecule has 0 bridgehead atoms. The minimum absolute atomic E-state index is 0.148. The van der Waals surface area contributed by atoms with E-state index in [1.807, 2.05) is 55.5 Å². The van der Waals surface area contributed by atoms with E-state index in [0.29, 0.717) is 19.4 Å². The van der Waals surface area contributed by atoms with Crippen molar-refractivity contribution in [3.63, 3.8) is 0 Å². The summed E-state index contributed by atoms with van der Waals surface area (Å²) >= 11 is 0. The quantitative estimate of drug-likeness (QED) is 0.284. The summed E-state index contributed by atoms with van der Waals surface area (Å²) in [5.74, 6) is -0.148. The molecule has 2 aromatic rings. The third kappa shape index (κ3) is 7.53. The second-order valence-corrected chi connectivity index (χ2v) is 8.67. The standard InChI is InChI=1S/C25H32F3N3O.CH3NO/c1-2-9-22(29)23(32)31-15-8-7-14-24(16-30-17-25(26,27)28)20-12-5-3-10-18(20)19-11-4-6-13-21(19)24;2-1-3/h3-6,10-13,22,30H,2,7-9,14-17,29H2,1H3,(H,31,32);1H,(H2,2,3). The SMILES string of the molecule is CCCC(N)C(=O)NCCCCC1(CNCC(F)(F)F)c2ccccc2-c2ccccc21.NC=O. The molecule has 2 aromatic carbocycles. The molecule has 0 radical (unpaired) electrons. The number of rotatable bonds is 11. The third-order valence-electron chi connectivity index (χ3n) is 6.19. The Bertz CT molecular complexity index is 920. The molecule has 192 valence electrons. The highest BCUT2D eigenvalue weighted by molar-refractivity contribution is 5.82. The number of primary amides is 1. The largest absolute Gasteiger partial charge is 0.401 e. The first-order valence-corrected chi connectivity index (χ1v) is 11.9. The molecule has 0 heterocycles. The summed E-state index contributed by atoms with van der Waals surface area (Å²) in [6.45, 7) is 1.67. The number of fused-ring (bicyclic) bond motifs is 3. The van der Waals surface area contributed by atoms with E-state index in [4.69, 9.17) is 10.5 Å². The van der Waals surface area contributed by atoms with E-state index in [1.54, 1.807) is 0 Å². The van der Waals surface area contributed by atoms with Crippen molar-refractivity contribution < 1.29 is 22.8 Å². The summed E-state index contributed by atoms with van der Waals surface area (Å²) < 4.78 is 38.6. The van der Waals surface area contributed by atoms with Gasteiger partial charge in [-0.1, -0.05) is 68.3 Å². The fourth-order valence-corrected chi connectivity index (χ4v) is 4.72. The maximum atomic E-state index is 12.9. The van der Waals surface area contributed by atoms with Crippen molar-refractivity contribution in [2.24, 2.45) is 11.5 Å². The second-order valence-electron chi connectivity index (χ2n) is 8.67. The zero-order valence-electron chi connectivity index (χ0n) is 20.0. The van der Waals surface area contributed by atoms with Gasteiger partial charge in [-0.15, -0.1) is 0 Å². The van der Waals surface area contributed by atoms with Crippen molar-refractivity contribution in [1.29, 1.82) is 0 Å². The number of carbonyl (C=O) groups excluding carboxylic acids is 2. The van der Waals surface area contributed by atoms with Crippen LogP contribution in [0, 0.1) is 0 Å². The lowest BCUT2D eigenvalue weighted by Crippen LogP contribution is -2.42. The highest BCUT2D eigenvalue weighted by atomic mass is 19.4. The van der Waals surface area contributed by atoms with Crippen LogP contribution in [0.25, 0.3) is 11.1 Å². The molecule has 0 spiro atoms. The molecule has 2 amide bonds. The molecule has 3 rings (SSSR count). The van der Waals surface area contributed by atoms with E-state index in [-0.39, 0.29) is 18.9 Å². The lowest BCUT2D eigenvalue weighted by Gasteiger charge is -2.33. The molecular formula is C26H35F3N4O2. The van der Waals surface area contributed by atoms with Crippen LogP contribution in [0.3, 0.4) is 0 Å². The number of benzene rings is 2. The van der Waals surface area contributed by atoms with Crippen molar-refractivity contribution in [3.05, 3.63) is 59.7 Å². The van der Waals surface area contributed by atoms with Gasteiger partial charge in [0.05, 0.1) is 12.6 Å². The van der Waals surface area contributed by atoms with Crippen LogP contribution < -0.4 is 22.1 Å². The molecule has 0 fully saturated rings. The predicted octanol–water partition coefficient (Wildman–Crippen LogP) is 3.62. The smallest absolute Gasteiger partial charge is 0.372 e. The number of unbranched alkanes of at least 4 members (excludes halogenated alkanes) is 1. The Balaban J connectivity index is 0.00000137. The number of nitrogens with two attached hydrogens (primary N) is 2. The average Bonchev–Trinajstić information content (AvgIpc) is 3.09. The Labute approximate surface area is 204 Å². The van der Waals surface area contributed by atoms with Crippen molar-refractivity contribution in [1.82, 2.24) is 10.6 Å². The van der Waals surface area contributed by atoms with E-state index in [0.717, 1.165) is 41.5 Å². The maximum absolute atomic E-state index is 12.9. The summed E-state index contributed by atoms with van der Waals surface area (Å²) in [6, 6.07) is 15.4. The lowest BCUT2D eigenvalue weighted by molar-refractivity contribution is -0.125. The van der Waals surface area contributed by atoms with Gasteiger partial charge < -0.3 is 22.1 Å². The van der Waals surface area contributed by atoms with Crippen LogP contribution >= 0.6 is 0 Å². The summed E-state index contributed by atoms with van der Waals surface area (Å²) in [5.41, 5.74) is 13.8. The van der Waals surface area contributed by atoms with Gasteiger partial charge in [-0.3, -0.25) is 9.59 Å². The van der Waals surface area contributed by atoms with Crippen LogP contribution in [0.4, 0.5) is 13.2 Å². The topological polar surface area (TPSA) is 110 Å². The van der Waals surface area contributed by atoms with Crippen LogP contribution in [0.1, 0.15) is 50.2 Å². The second kappa shape index (κ2) is 13.3. The molecule has 35 heavy (non-hydrogen) atoms. The van der Waals surface area contributed by atoms with Gasteiger partial charge in [0, 0.05) is 18.5 Å². The van der Waals surface area contributed by atoms with Crippen LogP contribution in [0.2, 0.25) is 0 Å². The Morgan fingerprint density at radius 2 is 1.60 bits per heavy atom. The minimum Gasteiger partial charge on any atom is -0.372 e. The first-order chi connectivity index (χ1) is 16.7. The van der Waals surface area contributed by atoms with Crippen LogP contribution in [0.5, 0.6) is 0 Å². The van der Waals surface area contributed by atoms with Crippen LogP contribution in [0.15, 0.2) is 48.5 Å². The Morgan fingerprint density at radius 1 is 1.06 bits per heavy atom. The lowest BCUT2D eigenvalue weighted by atomic mass is 9.74. The van der Waals surface area contributed by atoms with Crippen molar-refractivity contribution in [2.45, 2.75) is 56.7 Å². The molecular weight excluding hydrogens is 457 g/mol. The summed E-state index contributed by atoms with van der Waals surface area (Å²) in [4.78, 5) is 20.6. The van der Waals surface area contributed by atoms with Crippen molar-refractivity contribution in [2.75, 3.05) is 19.6 Å². The van der Waals surface area contributed by atoms with Gasteiger partial charge in [0.25, 0.3) is 0 Å². The third-order valence-corrected chi connectivity index (χ3v) is 6.19. The molecule has 6 nitrogen and oxygen atoms in total. The number of hydrogen-bond donors (Lipinski definition) is 4. The van der Waals surface area contributed by atoms with E-state index >= 15 is 0 Å². The highest BCUT2D eigenvalue weighted by Crippen LogP contribution is 2.51. The molecule has 9 heteroatoms. The van der Waals surface area contributed by atoms with Crippen LogP contribution in [-0.2, 0) is 15.0 Å². The molecule has 1 unspecified atom stereocenters. The molecule has 0 saturated carbocycles. The fraction of sp³-hybridized carbons (Fsp3) is 0.462. The van der Waals surface area contributed by atoms with Gasteiger partial charge in [0.15, 0.2) is 0 Å². The molecule has 0 saturated heterocycles. The molecule has 0 aliphatic heterocycles. The first-order valence-electron chi connectivity index (χ1n) is 11.9. The molecule has 1 aliphatic rings. The van der Waals surface area contributed by atoms with E-state index in [9.17, 15) is 18.0 Å². The number of nitrogens with one attached hydrogen (secondary N) is 2. The van der Waals surface area contributed by atoms with E-state index in [1.165, 1.54) is 0 Å². The zero-order valence-corrected chi connectivity index (χ0v) is 20.0. The highest BCUT2D eigenvalue weighted by Gasteiger charge is 2.42. The van der Waals surface area contributed by atoms with Crippen LogP contribution in [-0.4, -0.2) is 44.2 Å². The van der Waals surface area contributed by atoms with Gasteiger partial charge in [-0.2, -0.15) is 13.2 Å². The van der Waals surface area contributed by atoms with Gasteiger partial charge in [0.2, 0.25) is 12.3 Å². The van der Waals surface area contributed by atoms with Gasteiger partial charge >= 0.3 is 6.18 Å². The number of amides is 2. The monoisotopic (exact) mass is 492 g/mol.